The maximum atomic E-state index is 13.3. The highest BCUT2D eigenvalue weighted by Crippen LogP contribution is 2.42. The second kappa shape index (κ2) is 11.0. The fourth-order valence-corrected chi connectivity index (χ4v) is 4.27. The summed E-state index contributed by atoms with van der Waals surface area (Å²) in [5.41, 5.74) is 3.04. The highest BCUT2D eigenvalue weighted by Gasteiger charge is 2.46. The average Bonchev–Trinajstić information content (AvgIpc) is 3.13. The largest absolute Gasteiger partial charge is 0.507 e. The van der Waals surface area contributed by atoms with Crippen LogP contribution < -0.4 is 9.47 Å². The number of benzene rings is 3. The Hall–Kier alpha value is -4.32. The molecule has 1 fully saturated rings. The first-order valence-corrected chi connectivity index (χ1v) is 11.8. The van der Waals surface area contributed by atoms with Crippen molar-refractivity contribution < 1.29 is 24.2 Å². The Bertz CT molecular complexity index is 1290. The van der Waals surface area contributed by atoms with Crippen molar-refractivity contribution in [2.24, 2.45) is 0 Å². The standard InChI is InChI=1S/C30H29NO5/c1-4-17-36-24-16-15-23(18-25(24)35-5-2)27-26(28(32)22-13-11-20(3)12-14-22)29(33)30(34)31(27)19-21-9-7-6-8-10-21/h4,6-16,18,27,32H,1,5,17,19H2,2-3H3. The third-order valence-corrected chi connectivity index (χ3v) is 6.00. The SMILES string of the molecule is C=CCOc1ccc(C2C(=C(O)c3ccc(C)cc3)C(=O)C(=O)N2Cc2ccccc2)cc1OCC. The molecule has 0 saturated carbocycles. The van der Waals surface area contributed by atoms with E-state index in [0.29, 0.717) is 35.8 Å². The van der Waals surface area contributed by atoms with Gasteiger partial charge in [0.25, 0.3) is 11.7 Å². The molecule has 36 heavy (non-hydrogen) atoms. The third kappa shape index (κ3) is 5.03. The third-order valence-electron chi connectivity index (χ3n) is 6.00. The number of carbonyl (C=O) groups is 2. The van der Waals surface area contributed by atoms with Crippen LogP contribution in [0.2, 0.25) is 0 Å². The van der Waals surface area contributed by atoms with Gasteiger partial charge < -0.3 is 19.5 Å². The molecule has 3 aromatic rings. The van der Waals surface area contributed by atoms with Crippen LogP contribution in [0.3, 0.4) is 0 Å². The Morgan fingerprint density at radius 2 is 1.72 bits per heavy atom. The van der Waals surface area contributed by atoms with E-state index < -0.39 is 17.7 Å². The van der Waals surface area contributed by atoms with Crippen molar-refractivity contribution in [3.63, 3.8) is 0 Å². The van der Waals surface area contributed by atoms with Gasteiger partial charge in [0.05, 0.1) is 18.2 Å². The fourth-order valence-electron chi connectivity index (χ4n) is 4.27. The number of Topliss-reactive ketones (excluding diaryl/α,β-unsaturated/α-hetero) is 1. The number of carbonyl (C=O) groups excluding carboxylic acids is 2. The molecule has 1 amide bonds. The van der Waals surface area contributed by atoms with Gasteiger partial charge in [-0.25, -0.2) is 0 Å². The lowest BCUT2D eigenvalue weighted by atomic mass is 9.94. The minimum Gasteiger partial charge on any atom is -0.507 e. The molecule has 1 aliphatic heterocycles. The minimum absolute atomic E-state index is 0.0435. The molecule has 6 heteroatoms. The Kier molecular flexibility index (Phi) is 7.54. The monoisotopic (exact) mass is 483 g/mol. The number of likely N-dealkylation sites (tertiary alicyclic amines) is 1. The predicted octanol–water partition coefficient (Wildman–Crippen LogP) is 5.58. The first-order chi connectivity index (χ1) is 17.4. The quantitative estimate of drug-likeness (QED) is 0.186. The van der Waals surface area contributed by atoms with Gasteiger partial charge in [0.2, 0.25) is 0 Å². The Morgan fingerprint density at radius 1 is 1.00 bits per heavy atom. The maximum absolute atomic E-state index is 13.3. The fraction of sp³-hybridized carbons (Fsp3) is 0.200. The van der Waals surface area contributed by atoms with Crippen molar-refractivity contribution in [3.8, 4) is 11.5 Å². The lowest BCUT2D eigenvalue weighted by molar-refractivity contribution is -0.140. The second-order valence-electron chi connectivity index (χ2n) is 8.52. The molecule has 184 valence electrons. The zero-order valence-corrected chi connectivity index (χ0v) is 20.4. The van der Waals surface area contributed by atoms with Gasteiger partial charge in [-0.2, -0.15) is 0 Å². The van der Waals surface area contributed by atoms with Gasteiger partial charge >= 0.3 is 0 Å². The molecule has 6 nitrogen and oxygen atoms in total. The molecule has 3 aromatic carbocycles. The Morgan fingerprint density at radius 3 is 2.39 bits per heavy atom. The molecule has 0 radical (unpaired) electrons. The number of rotatable bonds is 9. The van der Waals surface area contributed by atoms with Gasteiger partial charge in [0.15, 0.2) is 11.5 Å². The molecule has 0 bridgehead atoms. The van der Waals surface area contributed by atoms with Crippen molar-refractivity contribution in [1.82, 2.24) is 4.90 Å². The van der Waals surface area contributed by atoms with E-state index in [4.69, 9.17) is 9.47 Å². The summed E-state index contributed by atoms with van der Waals surface area (Å²) < 4.78 is 11.5. The summed E-state index contributed by atoms with van der Waals surface area (Å²) in [6.07, 6.45) is 1.64. The number of aliphatic hydroxyl groups excluding tert-OH is 1. The van der Waals surface area contributed by atoms with Gasteiger partial charge in [-0.1, -0.05) is 78.9 Å². The normalized spacial score (nSPS) is 16.7. The molecule has 1 unspecified atom stereocenters. The summed E-state index contributed by atoms with van der Waals surface area (Å²) in [5, 5.41) is 11.3. The summed E-state index contributed by atoms with van der Waals surface area (Å²) in [7, 11) is 0. The predicted molar refractivity (Wildman–Crippen MR) is 139 cm³/mol. The molecule has 0 aliphatic carbocycles. The molecular formula is C30H29NO5. The van der Waals surface area contributed by atoms with Gasteiger partial charge in [0, 0.05) is 12.1 Å². The number of hydrogen-bond donors (Lipinski definition) is 1. The van der Waals surface area contributed by atoms with Gasteiger partial charge in [0.1, 0.15) is 12.4 Å². The van der Waals surface area contributed by atoms with Gasteiger partial charge in [-0.05, 0) is 37.1 Å². The van der Waals surface area contributed by atoms with Gasteiger partial charge in [-0.15, -0.1) is 0 Å². The topological polar surface area (TPSA) is 76.1 Å². The van der Waals surface area contributed by atoms with E-state index in [1.807, 2.05) is 56.3 Å². The van der Waals surface area contributed by atoms with Crippen LogP contribution in [0, 0.1) is 6.92 Å². The van der Waals surface area contributed by atoms with E-state index >= 15 is 0 Å². The van der Waals surface area contributed by atoms with E-state index in [2.05, 4.69) is 6.58 Å². The highest BCUT2D eigenvalue weighted by molar-refractivity contribution is 6.46. The van der Waals surface area contributed by atoms with Crippen LogP contribution in [0.1, 0.15) is 35.2 Å². The number of hydrogen-bond acceptors (Lipinski definition) is 5. The van der Waals surface area contributed by atoms with Crippen LogP contribution in [0.15, 0.2) is 91.0 Å². The van der Waals surface area contributed by atoms with Crippen molar-refractivity contribution in [2.45, 2.75) is 26.4 Å². The van der Waals surface area contributed by atoms with E-state index in [-0.39, 0.29) is 17.9 Å². The molecular weight excluding hydrogens is 454 g/mol. The molecule has 4 rings (SSSR count). The van der Waals surface area contributed by atoms with Crippen molar-refractivity contribution in [3.05, 3.63) is 113 Å². The second-order valence-corrected chi connectivity index (χ2v) is 8.52. The summed E-state index contributed by atoms with van der Waals surface area (Å²) in [5.74, 6) is -0.586. The van der Waals surface area contributed by atoms with Gasteiger partial charge in [-0.3, -0.25) is 9.59 Å². The number of amides is 1. The number of ether oxygens (including phenoxy) is 2. The lowest BCUT2D eigenvalue weighted by Crippen LogP contribution is -2.29. The van der Waals surface area contributed by atoms with E-state index in [1.165, 1.54) is 4.90 Å². The summed E-state index contributed by atoms with van der Waals surface area (Å²) >= 11 is 0. The highest BCUT2D eigenvalue weighted by atomic mass is 16.5. The maximum Gasteiger partial charge on any atom is 0.295 e. The zero-order chi connectivity index (χ0) is 25.7. The van der Waals surface area contributed by atoms with Crippen LogP contribution >= 0.6 is 0 Å². The van der Waals surface area contributed by atoms with E-state index in [0.717, 1.165) is 11.1 Å². The van der Waals surface area contributed by atoms with Crippen molar-refractivity contribution in [2.75, 3.05) is 13.2 Å². The Labute approximate surface area is 211 Å². The number of aliphatic hydroxyl groups is 1. The van der Waals surface area contributed by atoms with E-state index in [1.54, 1.807) is 36.4 Å². The Balaban J connectivity index is 1.87. The van der Waals surface area contributed by atoms with Crippen LogP contribution in [0.5, 0.6) is 11.5 Å². The molecule has 1 atom stereocenters. The summed E-state index contributed by atoms with van der Waals surface area (Å²) in [4.78, 5) is 28.1. The zero-order valence-electron chi connectivity index (χ0n) is 20.4. The number of aryl methyl sites for hydroxylation is 1. The summed E-state index contributed by atoms with van der Waals surface area (Å²) in [6.45, 7) is 8.40. The average molecular weight is 484 g/mol. The van der Waals surface area contributed by atoms with Crippen molar-refractivity contribution in [1.29, 1.82) is 0 Å². The van der Waals surface area contributed by atoms with Crippen LogP contribution in [0.4, 0.5) is 0 Å². The number of nitrogens with zero attached hydrogens (tertiary/aromatic N) is 1. The minimum atomic E-state index is -0.806. The molecule has 1 saturated heterocycles. The molecule has 1 heterocycles. The number of ketones is 1. The first kappa shape index (κ1) is 24.8. The van der Waals surface area contributed by atoms with Crippen LogP contribution in [-0.2, 0) is 16.1 Å². The smallest absolute Gasteiger partial charge is 0.295 e. The molecule has 1 aliphatic rings. The first-order valence-electron chi connectivity index (χ1n) is 11.8. The summed E-state index contributed by atoms with van der Waals surface area (Å²) in [6, 6.07) is 21.1. The van der Waals surface area contributed by atoms with Crippen molar-refractivity contribution >= 4 is 17.4 Å². The van der Waals surface area contributed by atoms with E-state index in [9.17, 15) is 14.7 Å². The molecule has 0 aromatic heterocycles. The molecule has 1 N–H and O–H groups in total. The molecule has 0 spiro atoms. The van der Waals surface area contributed by atoms with Crippen LogP contribution in [0.25, 0.3) is 5.76 Å². The lowest BCUT2D eigenvalue weighted by Gasteiger charge is -2.26. The van der Waals surface area contributed by atoms with Crippen LogP contribution in [-0.4, -0.2) is 34.9 Å².